The predicted molar refractivity (Wildman–Crippen MR) is 126 cm³/mol. The lowest BCUT2D eigenvalue weighted by atomic mass is 9.79. The molecule has 33 heavy (non-hydrogen) atoms. The topological polar surface area (TPSA) is 65.0 Å². The SMILES string of the molecule is C[C@H]1C[C@H](C(OC(c2ccccc2)(c2ccccc2)c2ccccc2)C(=O)O)OC(C)(C)O1. The highest BCUT2D eigenvalue weighted by atomic mass is 16.7. The van der Waals surface area contributed by atoms with Crippen LogP contribution in [0.3, 0.4) is 0 Å². The summed E-state index contributed by atoms with van der Waals surface area (Å²) in [5.41, 5.74) is 1.37. The van der Waals surface area contributed by atoms with Crippen LogP contribution in [0.15, 0.2) is 91.0 Å². The van der Waals surface area contributed by atoms with Gasteiger partial charge in [-0.05, 0) is 37.5 Å². The fourth-order valence-electron chi connectivity index (χ4n) is 4.68. The van der Waals surface area contributed by atoms with Gasteiger partial charge in [-0.1, -0.05) is 91.0 Å². The largest absolute Gasteiger partial charge is 0.479 e. The standard InChI is InChI=1S/C28H30O5/c1-20-19-24(32-27(2,3)31-20)25(26(29)30)33-28(21-13-7-4-8-14-21,22-15-9-5-10-16-22)23-17-11-6-12-18-23/h4-18,20,24-25H,19H2,1-3H3,(H,29,30)/t20-,24+,25?/m0/s1. The molecule has 1 fully saturated rings. The molecule has 5 nitrogen and oxygen atoms in total. The Labute approximate surface area is 194 Å². The average Bonchev–Trinajstić information content (AvgIpc) is 2.80. The van der Waals surface area contributed by atoms with Gasteiger partial charge >= 0.3 is 5.97 Å². The van der Waals surface area contributed by atoms with Crippen LogP contribution in [0.1, 0.15) is 43.9 Å². The minimum atomic E-state index is -1.23. The number of carbonyl (C=O) groups is 1. The lowest BCUT2D eigenvalue weighted by molar-refractivity contribution is -0.314. The Morgan fingerprint density at radius 1 is 0.879 bits per heavy atom. The van der Waals surface area contributed by atoms with E-state index in [0.29, 0.717) is 6.42 Å². The Bertz CT molecular complexity index is 953. The zero-order valence-corrected chi connectivity index (χ0v) is 19.2. The lowest BCUT2D eigenvalue weighted by Crippen LogP contribution is -2.53. The van der Waals surface area contributed by atoms with Crippen LogP contribution in [0, 0.1) is 0 Å². The molecule has 0 spiro atoms. The van der Waals surface area contributed by atoms with Crippen LogP contribution in [0.4, 0.5) is 0 Å². The van der Waals surface area contributed by atoms with Crippen LogP contribution >= 0.6 is 0 Å². The molecule has 1 saturated heterocycles. The summed E-state index contributed by atoms with van der Waals surface area (Å²) < 4.78 is 18.7. The zero-order valence-electron chi connectivity index (χ0n) is 19.2. The molecule has 1 N–H and O–H groups in total. The van der Waals surface area contributed by atoms with E-state index in [1.807, 2.05) is 97.9 Å². The molecule has 0 aromatic heterocycles. The van der Waals surface area contributed by atoms with Crippen molar-refractivity contribution in [2.45, 2.75) is 56.9 Å². The molecule has 3 aromatic carbocycles. The summed E-state index contributed by atoms with van der Waals surface area (Å²) in [7, 11) is 0. The maximum absolute atomic E-state index is 12.6. The van der Waals surface area contributed by atoms with E-state index in [4.69, 9.17) is 14.2 Å². The van der Waals surface area contributed by atoms with Gasteiger partial charge in [-0.2, -0.15) is 0 Å². The Morgan fingerprint density at radius 3 is 1.67 bits per heavy atom. The lowest BCUT2D eigenvalue weighted by Gasteiger charge is -2.44. The maximum atomic E-state index is 12.6. The maximum Gasteiger partial charge on any atom is 0.335 e. The molecule has 0 bridgehead atoms. The van der Waals surface area contributed by atoms with Crippen molar-refractivity contribution in [3.05, 3.63) is 108 Å². The van der Waals surface area contributed by atoms with E-state index in [-0.39, 0.29) is 6.10 Å². The minimum Gasteiger partial charge on any atom is -0.479 e. The summed E-state index contributed by atoms with van der Waals surface area (Å²) in [5, 5.41) is 10.3. The summed E-state index contributed by atoms with van der Waals surface area (Å²) >= 11 is 0. The molecular formula is C28H30O5. The highest BCUT2D eigenvalue weighted by Crippen LogP contribution is 2.43. The van der Waals surface area contributed by atoms with E-state index in [2.05, 4.69) is 0 Å². The van der Waals surface area contributed by atoms with Crippen LogP contribution in [-0.2, 0) is 24.6 Å². The number of carboxylic acids is 1. The molecule has 3 atom stereocenters. The first-order valence-corrected chi connectivity index (χ1v) is 11.2. The molecule has 1 aliphatic heterocycles. The molecule has 5 heteroatoms. The van der Waals surface area contributed by atoms with Gasteiger partial charge in [0.2, 0.25) is 0 Å². The molecule has 0 amide bonds. The van der Waals surface area contributed by atoms with Crippen LogP contribution in [0.5, 0.6) is 0 Å². The summed E-state index contributed by atoms with van der Waals surface area (Å²) in [6.45, 7) is 5.52. The molecule has 0 aliphatic carbocycles. The number of hydrogen-bond donors (Lipinski definition) is 1. The average molecular weight is 447 g/mol. The van der Waals surface area contributed by atoms with Crippen molar-refractivity contribution in [3.8, 4) is 0 Å². The summed E-state index contributed by atoms with van der Waals surface area (Å²) in [6.07, 6.45) is -1.66. The van der Waals surface area contributed by atoms with Gasteiger partial charge in [0.05, 0.1) is 6.10 Å². The third-order valence-electron chi connectivity index (χ3n) is 5.91. The van der Waals surface area contributed by atoms with Gasteiger partial charge in [0.15, 0.2) is 11.9 Å². The third kappa shape index (κ3) is 4.86. The van der Waals surface area contributed by atoms with Crippen molar-refractivity contribution in [3.63, 3.8) is 0 Å². The Morgan fingerprint density at radius 2 is 1.30 bits per heavy atom. The Balaban J connectivity index is 1.90. The van der Waals surface area contributed by atoms with Gasteiger partial charge in [-0.25, -0.2) is 4.79 Å². The van der Waals surface area contributed by atoms with Gasteiger partial charge < -0.3 is 19.3 Å². The van der Waals surface area contributed by atoms with Gasteiger partial charge in [0.1, 0.15) is 11.7 Å². The van der Waals surface area contributed by atoms with Crippen molar-refractivity contribution in [2.24, 2.45) is 0 Å². The van der Waals surface area contributed by atoms with E-state index in [1.54, 1.807) is 13.8 Å². The molecule has 4 rings (SSSR count). The molecule has 0 saturated carbocycles. The summed E-state index contributed by atoms with van der Waals surface area (Å²) in [4.78, 5) is 12.6. The highest BCUT2D eigenvalue weighted by Gasteiger charge is 2.47. The van der Waals surface area contributed by atoms with Crippen molar-refractivity contribution in [2.75, 3.05) is 0 Å². The van der Waals surface area contributed by atoms with E-state index >= 15 is 0 Å². The summed E-state index contributed by atoms with van der Waals surface area (Å²) in [6, 6.07) is 29.2. The number of aliphatic carboxylic acids is 1. The van der Waals surface area contributed by atoms with Crippen LogP contribution in [0.2, 0.25) is 0 Å². The highest BCUT2D eigenvalue weighted by molar-refractivity contribution is 5.73. The van der Waals surface area contributed by atoms with E-state index in [1.165, 1.54) is 0 Å². The first kappa shape index (κ1) is 23.2. The zero-order chi connectivity index (χ0) is 23.5. The van der Waals surface area contributed by atoms with E-state index < -0.39 is 29.6 Å². The fraction of sp³-hybridized carbons (Fsp3) is 0.321. The van der Waals surface area contributed by atoms with Gasteiger partial charge in [-0.15, -0.1) is 0 Å². The first-order chi connectivity index (χ1) is 15.8. The number of hydrogen-bond acceptors (Lipinski definition) is 4. The molecule has 3 aromatic rings. The molecule has 172 valence electrons. The quantitative estimate of drug-likeness (QED) is 0.494. The van der Waals surface area contributed by atoms with Crippen molar-refractivity contribution < 1.29 is 24.1 Å². The van der Waals surface area contributed by atoms with Crippen LogP contribution < -0.4 is 0 Å². The minimum absolute atomic E-state index is 0.163. The van der Waals surface area contributed by atoms with E-state index in [9.17, 15) is 9.90 Å². The number of carboxylic acid groups (broad SMARTS) is 1. The second-order valence-electron chi connectivity index (χ2n) is 8.88. The fourth-order valence-corrected chi connectivity index (χ4v) is 4.68. The monoisotopic (exact) mass is 446 g/mol. The number of rotatable bonds is 7. The van der Waals surface area contributed by atoms with Gasteiger partial charge in [-0.3, -0.25) is 0 Å². The predicted octanol–water partition coefficient (Wildman–Crippen LogP) is 5.38. The number of ether oxygens (including phenoxy) is 3. The second kappa shape index (κ2) is 9.48. The smallest absolute Gasteiger partial charge is 0.335 e. The molecule has 1 heterocycles. The first-order valence-electron chi connectivity index (χ1n) is 11.2. The molecule has 1 aliphatic rings. The molecule has 0 radical (unpaired) electrons. The summed E-state index contributed by atoms with van der Waals surface area (Å²) in [5.74, 6) is -1.98. The Kier molecular flexibility index (Phi) is 6.66. The normalized spacial score (nSPS) is 21.3. The van der Waals surface area contributed by atoms with Gasteiger partial charge in [0, 0.05) is 6.42 Å². The molecular weight excluding hydrogens is 416 g/mol. The van der Waals surface area contributed by atoms with E-state index in [0.717, 1.165) is 16.7 Å². The van der Waals surface area contributed by atoms with Crippen molar-refractivity contribution in [1.82, 2.24) is 0 Å². The van der Waals surface area contributed by atoms with Gasteiger partial charge in [0.25, 0.3) is 0 Å². The Hall–Kier alpha value is -2.99. The van der Waals surface area contributed by atoms with Crippen molar-refractivity contribution >= 4 is 5.97 Å². The van der Waals surface area contributed by atoms with Crippen molar-refractivity contribution in [1.29, 1.82) is 0 Å². The molecule has 1 unspecified atom stereocenters. The number of benzene rings is 3. The van der Waals surface area contributed by atoms with Crippen LogP contribution in [-0.4, -0.2) is 35.2 Å². The third-order valence-corrected chi connectivity index (χ3v) is 5.91. The van der Waals surface area contributed by atoms with Crippen LogP contribution in [0.25, 0.3) is 0 Å². The second-order valence-corrected chi connectivity index (χ2v) is 8.88.